The number of amides is 1. The van der Waals surface area contributed by atoms with E-state index in [1.54, 1.807) is 16.9 Å². The Balaban J connectivity index is 1.56. The molecule has 1 fully saturated rings. The van der Waals surface area contributed by atoms with Crippen molar-refractivity contribution >= 4 is 17.4 Å². The summed E-state index contributed by atoms with van der Waals surface area (Å²) in [5.41, 5.74) is 2.43. The standard InChI is InChI=1S/C19H25N9O/c1-13(2)10-15(29)27-7-4-14-16(21-12-25(14)3)19(27)5-8-26(11-19)17-18-22-23-24-28(18)9-6-20-17/h6,9,12-13H,4-5,7-8,10-11H2,1-3H3. The predicted molar refractivity (Wildman–Crippen MR) is 105 cm³/mol. The number of hydrogen-bond acceptors (Lipinski definition) is 7. The number of imidazole rings is 1. The second kappa shape index (κ2) is 6.50. The van der Waals surface area contributed by atoms with Gasteiger partial charge < -0.3 is 14.4 Å². The monoisotopic (exact) mass is 395 g/mol. The maximum atomic E-state index is 13.2. The zero-order valence-electron chi connectivity index (χ0n) is 17.0. The number of aromatic nitrogens is 7. The summed E-state index contributed by atoms with van der Waals surface area (Å²) in [6.07, 6.45) is 7.50. The van der Waals surface area contributed by atoms with Gasteiger partial charge in [0.25, 0.3) is 0 Å². The summed E-state index contributed by atoms with van der Waals surface area (Å²) in [7, 11) is 2.03. The van der Waals surface area contributed by atoms with Crippen molar-refractivity contribution in [1.82, 2.24) is 39.5 Å². The molecular weight excluding hydrogens is 370 g/mol. The first kappa shape index (κ1) is 18.0. The van der Waals surface area contributed by atoms with Crippen LogP contribution in [-0.2, 0) is 23.8 Å². The Morgan fingerprint density at radius 3 is 2.97 bits per heavy atom. The van der Waals surface area contributed by atoms with Crippen molar-refractivity contribution in [2.45, 2.75) is 38.6 Å². The molecule has 1 amide bonds. The highest BCUT2D eigenvalue weighted by Crippen LogP contribution is 2.43. The van der Waals surface area contributed by atoms with Gasteiger partial charge in [-0.15, -0.1) is 5.10 Å². The van der Waals surface area contributed by atoms with Gasteiger partial charge in [-0.2, -0.15) is 4.52 Å². The quantitative estimate of drug-likeness (QED) is 0.647. The SMILES string of the molecule is CC(C)CC(=O)N1CCc2c(ncn2C)C12CCN(c1nccn3nnnc13)C2. The number of anilines is 1. The summed E-state index contributed by atoms with van der Waals surface area (Å²) in [5, 5.41) is 11.9. The van der Waals surface area contributed by atoms with Crippen molar-refractivity contribution < 1.29 is 4.79 Å². The van der Waals surface area contributed by atoms with Crippen LogP contribution in [0.5, 0.6) is 0 Å². The molecule has 2 aliphatic heterocycles. The molecule has 1 spiro atoms. The van der Waals surface area contributed by atoms with E-state index in [4.69, 9.17) is 4.98 Å². The van der Waals surface area contributed by atoms with Crippen LogP contribution in [0.2, 0.25) is 0 Å². The van der Waals surface area contributed by atoms with E-state index in [0.29, 0.717) is 24.5 Å². The van der Waals surface area contributed by atoms with Crippen LogP contribution in [0, 0.1) is 5.92 Å². The van der Waals surface area contributed by atoms with Gasteiger partial charge in [-0.25, -0.2) is 9.97 Å². The Bertz CT molecular complexity index is 1070. The molecular formula is C19H25N9O. The van der Waals surface area contributed by atoms with Crippen molar-refractivity contribution in [2.75, 3.05) is 24.5 Å². The zero-order chi connectivity index (χ0) is 20.2. The highest BCUT2D eigenvalue weighted by atomic mass is 16.2. The lowest BCUT2D eigenvalue weighted by Gasteiger charge is -2.44. The highest BCUT2D eigenvalue weighted by molar-refractivity contribution is 5.78. The zero-order valence-corrected chi connectivity index (χ0v) is 17.0. The maximum Gasteiger partial charge on any atom is 0.223 e. The Morgan fingerprint density at radius 2 is 2.14 bits per heavy atom. The van der Waals surface area contributed by atoms with Crippen molar-refractivity contribution in [3.05, 3.63) is 30.1 Å². The van der Waals surface area contributed by atoms with E-state index in [-0.39, 0.29) is 5.91 Å². The van der Waals surface area contributed by atoms with Crippen molar-refractivity contribution in [1.29, 1.82) is 0 Å². The minimum absolute atomic E-state index is 0.202. The molecule has 0 N–H and O–H groups in total. The van der Waals surface area contributed by atoms with Crippen LogP contribution in [0.1, 0.15) is 38.1 Å². The fraction of sp³-hybridized carbons (Fsp3) is 0.579. The van der Waals surface area contributed by atoms with Gasteiger partial charge in [0.05, 0.1) is 18.2 Å². The summed E-state index contributed by atoms with van der Waals surface area (Å²) >= 11 is 0. The average molecular weight is 395 g/mol. The van der Waals surface area contributed by atoms with Crippen LogP contribution in [0.3, 0.4) is 0 Å². The van der Waals surface area contributed by atoms with Crippen molar-refractivity contribution in [3.63, 3.8) is 0 Å². The molecule has 0 aromatic carbocycles. The minimum atomic E-state index is -0.442. The van der Waals surface area contributed by atoms with E-state index in [1.807, 2.05) is 13.4 Å². The molecule has 3 aromatic rings. The highest BCUT2D eigenvalue weighted by Gasteiger charge is 2.52. The van der Waals surface area contributed by atoms with Gasteiger partial charge in [0.1, 0.15) is 5.54 Å². The van der Waals surface area contributed by atoms with Crippen LogP contribution >= 0.6 is 0 Å². The van der Waals surface area contributed by atoms with Crippen molar-refractivity contribution in [3.8, 4) is 0 Å². The Morgan fingerprint density at radius 1 is 1.28 bits per heavy atom. The van der Waals surface area contributed by atoms with Gasteiger partial charge in [-0.05, 0) is 22.8 Å². The molecule has 0 bridgehead atoms. The van der Waals surface area contributed by atoms with Crippen LogP contribution in [0.15, 0.2) is 18.7 Å². The second-order valence-electron chi connectivity index (χ2n) is 8.45. The van der Waals surface area contributed by atoms with Gasteiger partial charge in [0.2, 0.25) is 11.6 Å². The summed E-state index contributed by atoms with van der Waals surface area (Å²) < 4.78 is 3.72. The third kappa shape index (κ3) is 2.69. The number of carbonyl (C=O) groups excluding carboxylic acids is 1. The molecule has 10 heteroatoms. The molecule has 152 valence electrons. The Kier molecular flexibility index (Phi) is 4.04. The predicted octanol–water partition coefficient (Wildman–Crippen LogP) is 0.789. The first-order chi connectivity index (χ1) is 14.0. The average Bonchev–Trinajstić information content (AvgIpc) is 3.41. The maximum absolute atomic E-state index is 13.2. The molecule has 10 nitrogen and oxygen atoms in total. The Hall–Kier alpha value is -3.04. The van der Waals surface area contributed by atoms with Gasteiger partial charge in [0, 0.05) is 51.4 Å². The second-order valence-corrected chi connectivity index (χ2v) is 8.45. The summed E-state index contributed by atoms with van der Waals surface area (Å²) in [6.45, 7) is 6.30. The number of carbonyl (C=O) groups is 1. The number of nitrogens with zero attached hydrogens (tertiary/aromatic N) is 9. The van der Waals surface area contributed by atoms with Gasteiger partial charge in [-0.3, -0.25) is 4.79 Å². The molecule has 29 heavy (non-hydrogen) atoms. The fourth-order valence-corrected chi connectivity index (χ4v) is 4.80. The molecule has 3 aromatic heterocycles. The number of tetrazole rings is 1. The molecule has 0 radical (unpaired) electrons. The van der Waals surface area contributed by atoms with Gasteiger partial charge >= 0.3 is 0 Å². The normalized spacial score (nSPS) is 21.5. The smallest absolute Gasteiger partial charge is 0.223 e. The van der Waals surface area contributed by atoms with Crippen molar-refractivity contribution in [2.24, 2.45) is 13.0 Å². The van der Waals surface area contributed by atoms with E-state index in [9.17, 15) is 4.79 Å². The van der Waals surface area contributed by atoms with Gasteiger partial charge in [0.15, 0.2) is 5.82 Å². The third-order valence-corrected chi connectivity index (χ3v) is 6.12. The lowest BCUT2D eigenvalue weighted by atomic mass is 9.85. The van der Waals surface area contributed by atoms with E-state index < -0.39 is 5.54 Å². The van der Waals surface area contributed by atoms with Crippen LogP contribution in [0.4, 0.5) is 5.82 Å². The lowest BCUT2D eigenvalue weighted by molar-refractivity contribution is -0.139. The number of rotatable bonds is 3. The molecule has 5 rings (SSSR count). The molecule has 2 aliphatic rings. The number of fused-ring (bicyclic) bond motifs is 3. The summed E-state index contributed by atoms with van der Waals surface area (Å²) in [5.74, 6) is 1.27. The first-order valence-corrected chi connectivity index (χ1v) is 10.1. The fourth-order valence-electron chi connectivity index (χ4n) is 4.80. The Labute approximate surface area is 168 Å². The summed E-state index contributed by atoms with van der Waals surface area (Å²) in [4.78, 5) is 26.8. The topological polar surface area (TPSA) is 97.3 Å². The van der Waals surface area contributed by atoms with Gasteiger partial charge in [-0.1, -0.05) is 13.8 Å². The van der Waals surface area contributed by atoms with Crippen LogP contribution < -0.4 is 4.90 Å². The minimum Gasteiger partial charge on any atom is -0.351 e. The van der Waals surface area contributed by atoms with E-state index >= 15 is 0 Å². The van der Waals surface area contributed by atoms with E-state index in [0.717, 1.165) is 37.4 Å². The molecule has 1 atom stereocenters. The molecule has 5 heterocycles. The molecule has 0 saturated carbocycles. The number of hydrogen-bond donors (Lipinski definition) is 0. The number of aryl methyl sites for hydroxylation is 1. The molecule has 1 unspecified atom stereocenters. The van der Waals surface area contributed by atoms with Crippen LogP contribution in [-0.4, -0.2) is 65.0 Å². The third-order valence-electron chi connectivity index (χ3n) is 6.12. The lowest BCUT2D eigenvalue weighted by Crippen LogP contribution is -2.55. The molecule has 1 saturated heterocycles. The van der Waals surface area contributed by atoms with E-state index in [1.165, 1.54) is 5.69 Å². The van der Waals surface area contributed by atoms with E-state index in [2.05, 4.69) is 48.7 Å². The first-order valence-electron chi connectivity index (χ1n) is 10.1. The molecule has 0 aliphatic carbocycles. The largest absolute Gasteiger partial charge is 0.351 e. The summed E-state index contributed by atoms with van der Waals surface area (Å²) in [6, 6.07) is 0. The van der Waals surface area contributed by atoms with Crippen LogP contribution in [0.25, 0.3) is 5.65 Å².